The Balaban J connectivity index is 1.90. The van der Waals surface area contributed by atoms with Crippen molar-refractivity contribution in [1.29, 1.82) is 0 Å². The Bertz CT molecular complexity index is 782. The van der Waals surface area contributed by atoms with Crippen molar-refractivity contribution in [3.05, 3.63) is 23.7 Å². The number of esters is 2. The first-order valence-electron chi connectivity index (χ1n) is 11.0. The lowest BCUT2D eigenvalue weighted by Crippen LogP contribution is -2.55. The van der Waals surface area contributed by atoms with Gasteiger partial charge in [0.05, 0.1) is 25.4 Å². The maximum Gasteiger partial charge on any atom is 0.311 e. The molecule has 0 aromatic carbocycles. The summed E-state index contributed by atoms with van der Waals surface area (Å²) in [5.41, 5.74) is 0.360. The molecule has 0 aliphatic heterocycles. The van der Waals surface area contributed by atoms with E-state index in [9.17, 15) is 14.4 Å². The van der Waals surface area contributed by atoms with Crippen molar-refractivity contribution in [3.8, 4) is 0 Å². The Morgan fingerprint density at radius 2 is 2.03 bits per heavy atom. The van der Waals surface area contributed by atoms with Gasteiger partial charge in [-0.3, -0.25) is 14.4 Å². The highest BCUT2D eigenvalue weighted by molar-refractivity contribution is 5.77. The molecule has 1 aromatic heterocycles. The second kappa shape index (κ2) is 8.94. The first kappa shape index (κ1) is 22.6. The SMILES string of the molecule is COC(=O)[C@@]1(C)CCC[C@@]2(C)[C@H]1CC[C@H](COC(C)=O)[C@@H]2CCc1ccoc1C=O. The predicted molar refractivity (Wildman–Crippen MR) is 111 cm³/mol. The summed E-state index contributed by atoms with van der Waals surface area (Å²) in [6.07, 6.45) is 8.59. The third kappa shape index (κ3) is 4.06. The number of hydrogen-bond donors (Lipinski definition) is 0. The minimum atomic E-state index is -0.490. The van der Waals surface area contributed by atoms with Crippen LogP contribution in [0.15, 0.2) is 16.7 Å². The van der Waals surface area contributed by atoms with Crippen molar-refractivity contribution in [3.63, 3.8) is 0 Å². The first-order chi connectivity index (χ1) is 14.3. The predicted octanol–water partition coefficient (Wildman–Crippen LogP) is 4.60. The molecule has 2 saturated carbocycles. The molecule has 1 heterocycles. The van der Waals surface area contributed by atoms with Crippen LogP contribution < -0.4 is 0 Å². The maximum atomic E-state index is 12.8. The monoisotopic (exact) mass is 418 g/mol. The molecule has 0 N–H and O–H groups in total. The van der Waals surface area contributed by atoms with E-state index in [4.69, 9.17) is 13.9 Å². The van der Waals surface area contributed by atoms with E-state index in [0.29, 0.717) is 12.4 Å². The lowest BCUT2D eigenvalue weighted by Gasteiger charge is -2.59. The molecular formula is C24H34O6. The average molecular weight is 419 g/mol. The first-order valence-corrected chi connectivity index (χ1v) is 11.0. The normalized spacial score (nSPS) is 33.4. The van der Waals surface area contributed by atoms with Gasteiger partial charge < -0.3 is 13.9 Å². The van der Waals surface area contributed by atoms with Gasteiger partial charge in [0.2, 0.25) is 0 Å². The second-order valence-electron chi connectivity index (χ2n) is 9.53. The summed E-state index contributed by atoms with van der Waals surface area (Å²) in [6, 6.07) is 1.85. The number of ether oxygens (including phenoxy) is 2. The van der Waals surface area contributed by atoms with Gasteiger partial charge in [-0.2, -0.15) is 0 Å². The number of aldehydes is 1. The van der Waals surface area contributed by atoms with Gasteiger partial charge in [0.15, 0.2) is 12.0 Å². The fraction of sp³-hybridized carbons (Fsp3) is 0.708. The molecule has 0 bridgehead atoms. The van der Waals surface area contributed by atoms with E-state index in [1.807, 2.05) is 6.07 Å². The van der Waals surface area contributed by atoms with Crippen LogP contribution in [0.5, 0.6) is 0 Å². The van der Waals surface area contributed by atoms with Crippen LogP contribution in [0.1, 0.15) is 75.4 Å². The molecule has 0 radical (unpaired) electrons. The largest absolute Gasteiger partial charge is 0.469 e. The molecule has 2 fully saturated rings. The molecule has 6 heteroatoms. The molecule has 6 nitrogen and oxygen atoms in total. The van der Waals surface area contributed by atoms with E-state index >= 15 is 0 Å². The van der Waals surface area contributed by atoms with E-state index in [2.05, 4.69) is 13.8 Å². The Morgan fingerprint density at radius 3 is 2.70 bits per heavy atom. The zero-order chi connectivity index (χ0) is 21.9. The number of hydrogen-bond acceptors (Lipinski definition) is 6. The summed E-state index contributed by atoms with van der Waals surface area (Å²) >= 11 is 0. The summed E-state index contributed by atoms with van der Waals surface area (Å²) in [5, 5.41) is 0. The van der Waals surface area contributed by atoms with Crippen molar-refractivity contribution in [2.24, 2.45) is 28.6 Å². The number of rotatable bonds is 7. The van der Waals surface area contributed by atoms with Crippen LogP contribution >= 0.6 is 0 Å². The summed E-state index contributed by atoms with van der Waals surface area (Å²) in [7, 11) is 1.48. The molecule has 5 atom stereocenters. The third-order valence-corrected chi connectivity index (χ3v) is 7.98. The zero-order valence-electron chi connectivity index (χ0n) is 18.6. The second-order valence-corrected chi connectivity index (χ2v) is 9.53. The molecule has 0 unspecified atom stereocenters. The van der Waals surface area contributed by atoms with Crippen LogP contribution in [0.4, 0.5) is 0 Å². The van der Waals surface area contributed by atoms with Gasteiger partial charge in [0, 0.05) is 12.5 Å². The van der Waals surface area contributed by atoms with E-state index in [0.717, 1.165) is 56.8 Å². The number of carbonyl (C=O) groups excluding carboxylic acids is 3. The Labute approximate surface area is 178 Å². The summed E-state index contributed by atoms with van der Waals surface area (Å²) in [5.74, 6) is 0.735. The van der Waals surface area contributed by atoms with Gasteiger partial charge in [-0.05, 0) is 74.7 Å². The fourth-order valence-corrected chi connectivity index (χ4v) is 6.56. The Hall–Kier alpha value is -2.11. The van der Waals surface area contributed by atoms with Gasteiger partial charge in [-0.1, -0.05) is 13.3 Å². The molecule has 0 amide bonds. The van der Waals surface area contributed by atoms with E-state index in [1.54, 1.807) is 6.26 Å². The average Bonchev–Trinajstić information content (AvgIpc) is 3.17. The van der Waals surface area contributed by atoms with Crippen molar-refractivity contribution in [2.45, 2.75) is 65.7 Å². The standard InChI is InChI=1S/C24H34O6/c1-16(26)30-15-18-7-9-21-23(2,11-5-12-24(21,3)22(27)28-4)19(18)8-6-17-10-13-29-20(17)14-25/h10,13-14,18-19,21H,5-9,11-12,15H2,1-4H3/t18-,19+,21-,23-,24+/m1/s1. The third-order valence-electron chi connectivity index (χ3n) is 7.98. The Morgan fingerprint density at radius 1 is 1.27 bits per heavy atom. The van der Waals surface area contributed by atoms with Crippen LogP contribution in [-0.2, 0) is 25.5 Å². The van der Waals surface area contributed by atoms with Crippen molar-refractivity contribution in [2.75, 3.05) is 13.7 Å². The molecule has 30 heavy (non-hydrogen) atoms. The number of aryl methyl sites for hydroxylation is 1. The summed E-state index contributed by atoms with van der Waals surface area (Å²) < 4.78 is 15.9. The minimum Gasteiger partial charge on any atom is -0.469 e. The highest BCUT2D eigenvalue weighted by atomic mass is 16.5. The highest BCUT2D eigenvalue weighted by Crippen LogP contribution is 2.62. The van der Waals surface area contributed by atoms with Crippen molar-refractivity contribution < 1.29 is 28.3 Å². The molecule has 166 valence electrons. The number of methoxy groups -OCH3 is 1. The van der Waals surface area contributed by atoms with Crippen LogP contribution in [0.3, 0.4) is 0 Å². The van der Waals surface area contributed by atoms with Crippen LogP contribution in [0.2, 0.25) is 0 Å². The molecular weight excluding hydrogens is 384 g/mol. The van der Waals surface area contributed by atoms with E-state index < -0.39 is 5.41 Å². The minimum absolute atomic E-state index is 0.0602. The maximum absolute atomic E-state index is 12.8. The van der Waals surface area contributed by atoms with Gasteiger partial charge in [-0.25, -0.2) is 0 Å². The quantitative estimate of drug-likeness (QED) is 0.475. The molecule has 2 aliphatic carbocycles. The van der Waals surface area contributed by atoms with Gasteiger partial charge in [0.25, 0.3) is 0 Å². The molecule has 0 spiro atoms. The van der Waals surface area contributed by atoms with Crippen LogP contribution in [0.25, 0.3) is 0 Å². The fourth-order valence-electron chi connectivity index (χ4n) is 6.56. The van der Waals surface area contributed by atoms with Gasteiger partial charge in [-0.15, -0.1) is 0 Å². The van der Waals surface area contributed by atoms with E-state index in [-0.39, 0.29) is 35.1 Å². The van der Waals surface area contributed by atoms with Crippen molar-refractivity contribution >= 4 is 18.2 Å². The van der Waals surface area contributed by atoms with Crippen LogP contribution in [0, 0.1) is 28.6 Å². The zero-order valence-corrected chi connectivity index (χ0v) is 18.6. The van der Waals surface area contributed by atoms with Crippen molar-refractivity contribution in [1.82, 2.24) is 0 Å². The topological polar surface area (TPSA) is 82.8 Å². The van der Waals surface area contributed by atoms with Gasteiger partial charge >= 0.3 is 11.9 Å². The van der Waals surface area contributed by atoms with E-state index in [1.165, 1.54) is 14.0 Å². The number of furan rings is 1. The molecule has 3 rings (SSSR count). The molecule has 1 aromatic rings. The van der Waals surface area contributed by atoms with Crippen LogP contribution in [-0.4, -0.2) is 31.9 Å². The summed E-state index contributed by atoms with van der Waals surface area (Å²) in [6.45, 7) is 6.21. The molecule has 0 saturated heterocycles. The number of carbonyl (C=O) groups is 3. The lowest BCUT2D eigenvalue weighted by atomic mass is 9.45. The summed E-state index contributed by atoms with van der Waals surface area (Å²) in [4.78, 5) is 35.5. The molecule has 2 aliphatic rings. The lowest BCUT2D eigenvalue weighted by molar-refractivity contribution is -0.176. The highest BCUT2D eigenvalue weighted by Gasteiger charge is 2.58. The smallest absolute Gasteiger partial charge is 0.311 e. The Kier molecular flexibility index (Phi) is 6.73. The number of fused-ring (bicyclic) bond motifs is 1. The van der Waals surface area contributed by atoms with Gasteiger partial charge in [0.1, 0.15) is 0 Å².